The predicted octanol–water partition coefficient (Wildman–Crippen LogP) is 2.65. The standard InChI is InChI=1S/C14H16ClN3/c15-11-5-3-10(4-6-11)14-12(7-8-16)17-18-9-1-2-13(14)18/h3-6H,1-2,7-9,16H2. The van der Waals surface area contributed by atoms with Crippen molar-refractivity contribution in [2.24, 2.45) is 5.73 Å². The minimum atomic E-state index is 0.636. The normalized spacial score (nSPS) is 13.9. The highest BCUT2D eigenvalue weighted by molar-refractivity contribution is 6.30. The zero-order chi connectivity index (χ0) is 12.5. The molecule has 0 atom stereocenters. The Balaban J connectivity index is 2.11. The van der Waals surface area contributed by atoms with Crippen LogP contribution in [-0.4, -0.2) is 16.3 Å². The Bertz CT molecular complexity index is 557. The minimum Gasteiger partial charge on any atom is -0.330 e. The van der Waals surface area contributed by atoms with Gasteiger partial charge < -0.3 is 5.73 Å². The van der Waals surface area contributed by atoms with Crippen molar-refractivity contribution in [3.05, 3.63) is 40.7 Å². The van der Waals surface area contributed by atoms with Gasteiger partial charge in [0.1, 0.15) is 0 Å². The minimum absolute atomic E-state index is 0.636. The zero-order valence-corrected chi connectivity index (χ0v) is 11.0. The Morgan fingerprint density at radius 2 is 2.06 bits per heavy atom. The van der Waals surface area contributed by atoms with Gasteiger partial charge in [-0.25, -0.2) is 0 Å². The quantitative estimate of drug-likeness (QED) is 0.923. The molecule has 2 heterocycles. The molecule has 94 valence electrons. The molecule has 0 amide bonds. The summed E-state index contributed by atoms with van der Waals surface area (Å²) < 4.78 is 2.13. The van der Waals surface area contributed by atoms with Gasteiger partial charge in [-0.1, -0.05) is 23.7 Å². The summed E-state index contributed by atoms with van der Waals surface area (Å²) in [4.78, 5) is 0. The Morgan fingerprint density at radius 3 is 2.78 bits per heavy atom. The number of halogens is 1. The molecule has 0 saturated heterocycles. The lowest BCUT2D eigenvalue weighted by molar-refractivity contribution is 0.643. The summed E-state index contributed by atoms with van der Waals surface area (Å²) in [5.41, 5.74) is 10.6. The van der Waals surface area contributed by atoms with Crippen LogP contribution in [0.5, 0.6) is 0 Å². The van der Waals surface area contributed by atoms with Gasteiger partial charge in [0.25, 0.3) is 0 Å². The first-order valence-corrected chi connectivity index (χ1v) is 6.72. The van der Waals surface area contributed by atoms with Gasteiger partial charge in [0.15, 0.2) is 0 Å². The summed E-state index contributed by atoms with van der Waals surface area (Å²) in [6.45, 7) is 1.66. The fourth-order valence-corrected chi connectivity index (χ4v) is 2.77. The molecular formula is C14H16ClN3. The molecule has 1 aromatic carbocycles. The Kier molecular flexibility index (Phi) is 3.10. The highest BCUT2D eigenvalue weighted by Crippen LogP contribution is 2.32. The van der Waals surface area contributed by atoms with Gasteiger partial charge in [-0.15, -0.1) is 0 Å². The third-order valence-corrected chi connectivity index (χ3v) is 3.68. The summed E-state index contributed by atoms with van der Waals surface area (Å²) in [6.07, 6.45) is 3.12. The zero-order valence-electron chi connectivity index (χ0n) is 10.2. The number of fused-ring (bicyclic) bond motifs is 1. The fraction of sp³-hybridized carbons (Fsp3) is 0.357. The molecule has 3 rings (SSSR count). The van der Waals surface area contributed by atoms with Gasteiger partial charge in [-0.05, 0) is 37.1 Å². The van der Waals surface area contributed by atoms with Crippen molar-refractivity contribution in [2.45, 2.75) is 25.8 Å². The van der Waals surface area contributed by atoms with Crippen LogP contribution in [0.25, 0.3) is 11.1 Å². The Hall–Kier alpha value is -1.32. The van der Waals surface area contributed by atoms with E-state index < -0.39 is 0 Å². The van der Waals surface area contributed by atoms with Crippen molar-refractivity contribution >= 4 is 11.6 Å². The lowest BCUT2D eigenvalue weighted by Gasteiger charge is -2.04. The molecule has 4 heteroatoms. The summed E-state index contributed by atoms with van der Waals surface area (Å²) >= 11 is 5.95. The van der Waals surface area contributed by atoms with Crippen molar-refractivity contribution in [1.82, 2.24) is 9.78 Å². The second kappa shape index (κ2) is 4.75. The molecule has 3 nitrogen and oxygen atoms in total. The van der Waals surface area contributed by atoms with Crippen LogP contribution in [-0.2, 0) is 19.4 Å². The van der Waals surface area contributed by atoms with E-state index in [1.54, 1.807) is 0 Å². The molecule has 0 aliphatic carbocycles. The highest BCUT2D eigenvalue weighted by atomic mass is 35.5. The van der Waals surface area contributed by atoms with Crippen LogP contribution in [0, 0.1) is 0 Å². The lowest BCUT2D eigenvalue weighted by atomic mass is 10.0. The van der Waals surface area contributed by atoms with Gasteiger partial charge >= 0.3 is 0 Å². The van der Waals surface area contributed by atoms with Crippen molar-refractivity contribution in [2.75, 3.05) is 6.54 Å². The van der Waals surface area contributed by atoms with E-state index in [1.165, 1.54) is 23.2 Å². The topological polar surface area (TPSA) is 43.8 Å². The number of rotatable bonds is 3. The SMILES string of the molecule is NCCc1nn2c(c1-c1ccc(Cl)cc1)CCC2. The largest absolute Gasteiger partial charge is 0.330 e. The van der Waals surface area contributed by atoms with Crippen molar-refractivity contribution in [3.8, 4) is 11.1 Å². The summed E-state index contributed by atoms with van der Waals surface area (Å²) in [5.74, 6) is 0. The molecule has 0 bridgehead atoms. The molecule has 2 N–H and O–H groups in total. The second-order valence-electron chi connectivity index (χ2n) is 4.64. The van der Waals surface area contributed by atoms with Crippen molar-refractivity contribution in [1.29, 1.82) is 0 Å². The van der Waals surface area contributed by atoms with Crippen LogP contribution in [0.15, 0.2) is 24.3 Å². The fourth-order valence-electron chi connectivity index (χ4n) is 2.65. The smallest absolute Gasteiger partial charge is 0.0718 e. The van der Waals surface area contributed by atoms with Crippen LogP contribution < -0.4 is 5.73 Å². The molecular weight excluding hydrogens is 246 g/mol. The monoisotopic (exact) mass is 261 g/mol. The number of aryl methyl sites for hydroxylation is 1. The summed E-state index contributed by atoms with van der Waals surface area (Å²) in [7, 11) is 0. The van der Waals surface area contributed by atoms with E-state index in [9.17, 15) is 0 Å². The van der Waals surface area contributed by atoms with E-state index in [2.05, 4.69) is 21.9 Å². The maximum absolute atomic E-state index is 5.95. The second-order valence-corrected chi connectivity index (χ2v) is 5.08. The molecule has 1 aliphatic heterocycles. The van der Waals surface area contributed by atoms with E-state index in [-0.39, 0.29) is 0 Å². The van der Waals surface area contributed by atoms with Crippen LogP contribution in [0.3, 0.4) is 0 Å². The molecule has 0 spiro atoms. The maximum Gasteiger partial charge on any atom is 0.0718 e. The molecule has 0 fully saturated rings. The molecule has 1 aromatic heterocycles. The highest BCUT2D eigenvalue weighted by Gasteiger charge is 2.22. The molecule has 18 heavy (non-hydrogen) atoms. The number of aromatic nitrogens is 2. The lowest BCUT2D eigenvalue weighted by Crippen LogP contribution is -2.05. The third kappa shape index (κ3) is 1.93. The maximum atomic E-state index is 5.95. The van der Waals surface area contributed by atoms with Crippen LogP contribution >= 0.6 is 11.6 Å². The third-order valence-electron chi connectivity index (χ3n) is 3.43. The first kappa shape index (κ1) is 11.8. The molecule has 1 aliphatic rings. The van der Waals surface area contributed by atoms with E-state index in [0.717, 1.165) is 30.1 Å². The Morgan fingerprint density at radius 1 is 1.28 bits per heavy atom. The number of hydrogen-bond donors (Lipinski definition) is 1. The van der Waals surface area contributed by atoms with Gasteiger partial charge in [-0.2, -0.15) is 5.10 Å². The van der Waals surface area contributed by atoms with Crippen LogP contribution in [0.2, 0.25) is 5.02 Å². The van der Waals surface area contributed by atoms with Gasteiger partial charge in [-0.3, -0.25) is 4.68 Å². The van der Waals surface area contributed by atoms with Crippen molar-refractivity contribution in [3.63, 3.8) is 0 Å². The van der Waals surface area contributed by atoms with Crippen molar-refractivity contribution < 1.29 is 0 Å². The number of benzene rings is 1. The van der Waals surface area contributed by atoms with Crippen LogP contribution in [0.4, 0.5) is 0 Å². The molecule has 0 unspecified atom stereocenters. The van der Waals surface area contributed by atoms with Gasteiger partial charge in [0, 0.05) is 29.2 Å². The Labute approximate surface area is 112 Å². The number of hydrogen-bond acceptors (Lipinski definition) is 2. The first-order valence-electron chi connectivity index (χ1n) is 6.34. The number of nitrogens with zero attached hydrogens (tertiary/aromatic N) is 2. The van der Waals surface area contributed by atoms with Crippen LogP contribution in [0.1, 0.15) is 17.8 Å². The summed E-state index contributed by atoms with van der Waals surface area (Å²) in [5, 5.41) is 5.45. The average Bonchev–Trinajstić information content (AvgIpc) is 2.91. The molecule has 2 aromatic rings. The van der Waals surface area contributed by atoms with Gasteiger partial charge in [0.2, 0.25) is 0 Å². The summed E-state index contributed by atoms with van der Waals surface area (Å²) in [6, 6.07) is 8.00. The number of nitrogens with two attached hydrogens (primary N) is 1. The molecule has 0 saturated carbocycles. The predicted molar refractivity (Wildman–Crippen MR) is 73.8 cm³/mol. The van der Waals surface area contributed by atoms with E-state index in [1.807, 2.05) is 12.1 Å². The van der Waals surface area contributed by atoms with Gasteiger partial charge in [0.05, 0.1) is 5.69 Å². The molecule has 0 radical (unpaired) electrons. The van der Waals surface area contributed by atoms with E-state index in [0.29, 0.717) is 6.54 Å². The van der Waals surface area contributed by atoms with E-state index >= 15 is 0 Å². The van der Waals surface area contributed by atoms with E-state index in [4.69, 9.17) is 17.3 Å². The first-order chi connectivity index (χ1) is 8.79. The average molecular weight is 262 g/mol.